The van der Waals surface area contributed by atoms with Crippen molar-refractivity contribution >= 4 is 21.6 Å². The van der Waals surface area contributed by atoms with Crippen LogP contribution in [0.2, 0.25) is 0 Å². The van der Waals surface area contributed by atoms with E-state index in [0.29, 0.717) is 16.6 Å². The molecule has 0 bridgehead atoms. The van der Waals surface area contributed by atoms with E-state index >= 15 is 0 Å². The summed E-state index contributed by atoms with van der Waals surface area (Å²) in [5, 5.41) is 11.1. The van der Waals surface area contributed by atoms with Crippen LogP contribution in [0, 0.1) is 21.7 Å². The van der Waals surface area contributed by atoms with Crippen molar-refractivity contribution in [3.8, 4) is 5.75 Å². The van der Waals surface area contributed by atoms with Crippen molar-refractivity contribution in [1.29, 1.82) is 0 Å². The zero-order valence-electron chi connectivity index (χ0n) is 10.7. The average molecular weight is 358 g/mol. The molecule has 0 heterocycles. The molecule has 0 atom stereocenters. The normalized spacial score (nSPS) is 10.4. The fourth-order valence-electron chi connectivity index (χ4n) is 1.72. The number of hydrogen-bond acceptors (Lipinski definition) is 3. The van der Waals surface area contributed by atoms with Gasteiger partial charge in [0.25, 0.3) is 5.69 Å². The van der Waals surface area contributed by atoms with Crippen LogP contribution in [-0.4, -0.2) is 4.92 Å². The van der Waals surface area contributed by atoms with E-state index < -0.39 is 16.6 Å². The van der Waals surface area contributed by atoms with Crippen LogP contribution in [-0.2, 0) is 11.9 Å². The maximum atomic E-state index is 13.5. The van der Waals surface area contributed by atoms with E-state index in [1.165, 1.54) is 24.3 Å². The van der Waals surface area contributed by atoms with E-state index in [1.807, 2.05) is 0 Å². The molecule has 0 amide bonds. The third-order valence-corrected chi connectivity index (χ3v) is 3.40. The minimum absolute atomic E-state index is 0.0511. The summed E-state index contributed by atoms with van der Waals surface area (Å²) < 4.78 is 31.7. The van der Waals surface area contributed by atoms with Crippen LogP contribution >= 0.6 is 15.9 Å². The lowest BCUT2D eigenvalue weighted by Crippen LogP contribution is -2.01. The van der Waals surface area contributed by atoms with Crippen LogP contribution in [0.3, 0.4) is 0 Å². The molecule has 2 rings (SSSR count). The average Bonchev–Trinajstić information content (AvgIpc) is 2.46. The second kappa shape index (κ2) is 6.62. The van der Waals surface area contributed by atoms with E-state index in [4.69, 9.17) is 4.74 Å². The second-order valence-electron chi connectivity index (χ2n) is 4.21. The van der Waals surface area contributed by atoms with Gasteiger partial charge >= 0.3 is 0 Å². The molecule has 0 radical (unpaired) electrons. The molecule has 21 heavy (non-hydrogen) atoms. The highest BCUT2D eigenvalue weighted by molar-refractivity contribution is 9.08. The Bertz CT molecular complexity index is 679. The molecule has 0 N–H and O–H groups in total. The lowest BCUT2D eigenvalue weighted by atomic mass is 10.2. The van der Waals surface area contributed by atoms with Gasteiger partial charge in [-0.15, -0.1) is 0 Å². The van der Waals surface area contributed by atoms with E-state index in [2.05, 4.69) is 15.9 Å². The molecular weight excluding hydrogens is 348 g/mol. The highest BCUT2D eigenvalue weighted by Crippen LogP contribution is 2.27. The van der Waals surface area contributed by atoms with Crippen LogP contribution in [0.1, 0.15) is 11.1 Å². The summed E-state index contributed by atoms with van der Waals surface area (Å²) in [6, 6.07) is 7.36. The summed E-state index contributed by atoms with van der Waals surface area (Å²) in [5.74, 6) is -0.953. The largest absolute Gasteiger partial charge is 0.488 e. The summed E-state index contributed by atoms with van der Waals surface area (Å²) >= 11 is 3.22. The van der Waals surface area contributed by atoms with Crippen molar-refractivity contribution in [3.63, 3.8) is 0 Å². The smallest absolute Gasteiger partial charge is 0.270 e. The molecule has 0 saturated heterocycles. The fraction of sp³-hybridized carbons (Fsp3) is 0.143. The minimum atomic E-state index is -0.697. The SMILES string of the molecule is O=[N+]([O-])c1ccc(OCc2ccc(F)cc2F)c(CBr)c1. The molecule has 0 aliphatic rings. The lowest BCUT2D eigenvalue weighted by molar-refractivity contribution is -0.384. The van der Waals surface area contributed by atoms with Gasteiger partial charge in [-0.05, 0) is 18.2 Å². The molecule has 0 saturated carbocycles. The van der Waals surface area contributed by atoms with E-state index in [1.54, 1.807) is 0 Å². The van der Waals surface area contributed by atoms with Crippen molar-refractivity contribution in [3.05, 3.63) is 69.3 Å². The Labute approximate surface area is 127 Å². The maximum Gasteiger partial charge on any atom is 0.270 e. The predicted molar refractivity (Wildman–Crippen MR) is 76.4 cm³/mol. The standard InChI is InChI=1S/C14H10BrF2NO3/c15-7-10-5-12(18(19)20)3-4-14(10)21-8-9-1-2-11(16)6-13(9)17/h1-6H,7-8H2. The highest BCUT2D eigenvalue weighted by Gasteiger charge is 2.12. The van der Waals surface area contributed by atoms with Gasteiger partial charge in [-0.1, -0.05) is 15.9 Å². The molecule has 0 fully saturated rings. The monoisotopic (exact) mass is 357 g/mol. The Kier molecular flexibility index (Phi) is 4.85. The van der Waals surface area contributed by atoms with Crippen LogP contribution in [0.15, 0.2) is 36.4 Å². The number of hydrogen-bond donors (Lipinski definition) is 0. The van der Waals surface area contributed by atoms with E-state index in [9.17, 15) is 18.9 Å². The van der Waals surface area contributed by atoms with Crippen molar-refractivity contribution in [2.24, 2.45) is 0 Å². The first-order chi connectivity index (χ1) is 10.0. The first-order valence-electron chi connectivity index (χ1n) is 5.91. The number of halogens is 3. The zero-order valence-corrected chi connectivity index (χ0v) is 12.3. The maximum absolute atomic E-state index is 13.5. The van der Waals surface area contributed by atoms with Gasteiger partial charge in [-0.2, -0.15) is 0 Å². The molecule has 0 spiro atoms. The lowest BCUT2D eigenvalue weighted by Gasteiger charge is -2.10. The quantitative estimate of drug-likeness (QED) is 0.454. The van der Waals surface area contributed by atoms with Crippen LogP contribution in [0.25, 0.3) is 0 Å². The van der Waals surface area contributed by atoms with E-state index in [-0.39, 0.29) is 17.9 Å². The zero-order chi connectivity index (χ0) is 15.4. The van der Waals surface area contributed by atoms with Gasteiger partial charge in [0.05, 0.1) is 4.92 Å². The van der Waals surface area contributed by atoms with Crippen molar-refractivity contribution < 1.29 is 18.4 Å². The summed E-state index contributed by atoms with van der Waals surface area (Å²) in [4.78, 5) is 10.2. The number of nitro groups is 1. The number of ether oxygens (including phenoxy) is 1. The number of rotatable bonds is 5. The molecule has 0 unspecified atom stereocenters. The van der Waals surface area contributed by atoms with E-state index in [0.717, 1.165) is 12.1 Å². The first-order valence-corrected chi connectivity index (χ1v) is 7.03. The van der Waals surface area contributed by atoms with Gasteiger partial charge in [0.15, 0.2) is 0 Å². The van der Waals surface area contributed by atoms with Crippen molar-refractivity contribution in [2.75, 3.05) is 0 Å². The summed E-state index contributed by atoms with van der Waals surface area (Å²) in [5.41, 5.74) is 0.728. The van der Waals surface area contributed by atoms with Crippen molar-refractivity contribution in [1.82, 2.24) is 0 Å². The number of non-ortho nitro benzene ring substituents is 1. The molecule has 7 heteroatoms. The number of nitro benzene ring substituents is 1. The molecule has 2 aromatic carbocycles. The van der Waals surface area contributed by atoms with Gasteiger partial charge in [0.1, 0.15) is 24.0 Å². The molecular formula is C14H10BrF2NO3. The third-order valence-electron chi connectivity index (χ3n) is 2.80. The van der Waals surface area contributed by atoms with Gasteiger partial charge in [0, 0.05) is 34.7 Å². The van der Waals surface area contributed by atoms with Crippen LogP contribution < -0.4 is 4.74 Å². The predicted octanol–water partition coefficient (Wildman–Crippen LogP) is 4.35. The summed E-state index contributed by atoms with van der Waals surface area (Å²) in [6.45, 7) is -0.0933. The van der Waals surface area contributed by atoms with Gasteiger partial charge in [0.2, 0.25) is 0 Å². The molecule has 2 aromatic rings. The third kappa shape index (κ3) is 3.75. The number of benzene rings is 2. The highest BCUT2D eigenvalue weighted by atomic mass is 79.9. The number of alkyl halides is 1. The van der Waals surface area contributed by atoms with Crippen LogP contribution in [0.4, 0.5) is 14.5 Å². The topological polar surface area (TPSA) is 52.4 Å². The molecule has 0 aromatic heterocycles. The fourth-order valence-corrected chi connectivity index (χ4v) is 2.16. The first kappa shape index (κ1) is 15.4. The Morgan fingerprint density at radius 2 is 1.90 bits per heavy atom. The van der Waals surface area contributed by atoms with Crippen molar-refractivity contribution in [2.45, 2.75) is 11.9 Å². The molecule has 4 nitrogen and oxygen atoms in total. The summed E-state index contributed by atoms with van der Waals surface area (Å²) in [7, 11) is 0. The van der Waals surface area contributed by atoms with Gasteiger partial charge in [-0.3, -0.25) is 10.1 Å². The Morgan fingerprint density at radius 1 is 1.14 bits per heavy atom. The Hall–Kier alpha value is -2.02. The second-order valence-corrected chi connectivity index (χ2v) is 4.77. The molecule has 0 aliphatic heterocycles. The minimum Gasteiger partial charge on any atom is -0.488 e. The molecule has 110 valence electrons. The number of nitrogens with zero attached hydrogens (tertiary/aromatic N) is 1. The summed E-state index contributed by atoms with van der Waals surface area (Å²) in [6.07, 6.45) is 0. The Balaban J connectivity index is 2.17. The molecule has 0 aliphatic carbocycles. The van der Waals surface area contributed by atoms with Gasteiger partial charge in [-0.25, -0.2) is 8.78 Å². The van der Waals surface area contributed by atoms with Crippen LogP contribution in [0.5, 0.6) is 5.75 Å². The Morgan fingerprint density at radius 3 is 2.52 bits per heavy atom. The van der Waals surface area contributed by atoms with Gasteiger partial charge < -0.3 is 4.74 Å².